The van der Waals surface area contributed by atoms with Gasteiger partial charge in [-0.2, -0.15) is 0 Å². The van der Waals surface area contributed by atoms with Crippen LogP contribution in [0.3, 0.4) is 0 Å². The molecular formula is C16H19N3O3S. The van der Waals surface area contributed by atoms with Crippen molar-refractivity contribution in [2.75, 3.05) is 31.2 Å². The molecule has 7 heteroatoms. The Labute approximate surface area is 138 Å². The van der Waals surface area contributed by atoms with Gasteiger partial charge in [-0.25, -0.2) is 14.8 Å². The molecule has 6 nitrogen and oxygen atoms in total. The number of rotatable bonds is 4. The molecule has 0 amide bonds. The second-order valence-corrected chi connectivity index (χ2v) is 7.18. The molecule has 2 heterocycles. The number of carboxylic acid groups (broad SMARTS) is 1. The zero-order chi connectivity index (χ0) is 16.4. The fourth-order valence-electron chi connectivity index (χ4n) is 2.50. The molecule has 1 aliphatic heterocycles. The summed E-state index contributed by atoms with van der Waals surface area (Å²) in [5, 5.41) is 11.1. The Bertz CT molecular complexity index is 730. The van der Waals surface area contributed by atoms with Gasteiger partial charge in [-0.05, 0) is 18.2 Å². The van der Waals surface area contributed by atoms with Crippen molar-refractivity contribution < 1.29 is 14.6 Å². The zero-order valence-electron chi connectivity index (χ0n) is 13.2. The number of carboxylic acids is 1. The smallest absolute Gasteiger partial charge is 0.335 e. The first kappa shape index (κ1) is 16.0. The van der Waals surface area contributed by atoms with Crippen LogP contribution in [0.4, 0.5) is 5.82 Å². The van der Waals surface area contributed by atoms with Crippen molar-refractivity contribution in [1.82, 2.24) is 9.97 Å². The molecule has 1 saturated heterocycles. The van der Waals surface area contributed by atoms with Crippen LogP contribution >= 0.6 is 11.8 Å². The van der Waals surface area contributed by atoms with Gasteiger partial charge in [0, 0.05) is 23.7 Å². The Balaban J connectivity index is 2.12. The molecule has 0 radical (unpaired) electrons. The maximum atomic E-state index is 11.2. The number of ether oxygens (including phenoxy) is 1. The van der Waals surface area contributed by atoms with E-state index in [1.165, 1.54) is 0 Å². The Hall–Kier alpha value is -1.86. The van der Waals surface area contributed by atoms with Gasteiger partial charge < -0.3 is 14.7 Å². The number of aromatic carboxylic acids is 1. The molecule has 0 bridgehead atoms. The molecule has 1 aliphatic rings. The van der Waals surface area contributed by atoms with Crippen LogP contribution in [0.2, 0.25) is 0 Å². The average molecular weight is 333 g/mol. The van der Waals surface area contributed by atoms with Crippen LogP contribution in [0.15, 0.2) is 23.4 Å². The average Bonchev–Trinajstić information content (AvgIpc) is 2.53. The third kappa shape index (κ3) is 3.56. The first-order valence-corrected chi connectivity index (χ1v) is 8.47. The molecule has 0 saturated carbocycles. The normalized spacial score (nSPS) is 15.3. The van der Waals surface area contributed by atoms with Gasteiger partial charge in [0.1, 0.15) is 5.82 Å². The number of hydrogen-bond donors (Lipinski definition) is 1. The number of fused-ring (bicyclic) bond motifs is 1. The minimum atomic E-state index is -0.948. The number of benzene rings is 1. The van der Waals surface area contributed by atoms with E-state index in [-0.39, 0.29) is 5.56 Å². The monoisotopic (exact) mass is 333 g/mol. The van der Waals surface area contributed by atoms with Gasteiger partial charge in [-0.3, -0.25) is 0 Å². The van der Waals surface area contributed by atoms with Crippen LogP contribution in [0.1, 0.15) is 24.2 Å². The first-order chi connectivity index (χ1) is 11.0. The predicted molar refractivity (Wildman–Crippen MR) is 90.5 cm³/mol. The topological polar surface area (TPSA) is 75.6 Å². The van der Waals surface area contributed by atoms with Crippen molar-refractivity contribution in [3.05, 3.63) is 23.8 Å². The van der Waals surface area contributed by atoms with Crippen molar-refractivity contribution in [2.45, 2.75) is 24.3 Å². The molecule has 122 valence electrons. The van der Waals surface area contributed by atoms with Crippen LogP contribution in [0.5, 0.6) is 0 Å². The minimum absolute atomic E-state index is 0.240. The summed E-state index contributed by atoms with van der Waals surface area (Å²) in [7, 11) is 0. The highest BCUT2D eigenvalue weighted by molar-refractivity contribution is 7.99. The van der Waals surface area contributed by atoms with Crippen molar-refractivity contribution in [3.8, 4) is 0 Å². The number of hydrogen-bond acceptors (Lipinski definition) is 6. The van der Waals surface area contributed by atoms with Crippen LogP contribution in [0.25, 0.3) is 10.9 Å². The summed E-state index contributed by atoms with van der Waals surface area (Å²) in [5.41, 5.74) is 0.911. The quantitative estimate of drug-likeness (QED) is 0.681. The van der Waals surface area contributed by atoms with Crippen LogP contribution in [0, 0.1) is 0 Å². The summed E-state index contributed by atoms with van der Waals surface area (Å²) < 4.78 is 5.41. The molecule has 23 heavy (non-hydrogen) atoms. The molecule has 1 N–H and O–H groups in total. The van der Waals surface area contributed by atoms with E-state index in [0.29, 0.717) is 29.1 Å². The fraction of sp³-hybridized carbons (Fsp3) is 0.438. The highest BCUT2D eigenvalue weighted by Crippen LogP contribution is 2.29. The minimum Gasteiger partial charge on any atom is -0.478 e. The van der Waals surface area contributed by atoms with Crippen molar-refractivity contribution in [2.24, 2.45) is 0 Å². The van der Waals surface area contributed by atoms with Crippen molar-refractivity contribution >= 4 is 34.5 Å². The van der Waals surface area contributed by atoms with E-state index < -0.39 is 5.97 Å². The van der Waals surface area contributed by atoms with E-state index >= 15 is 0 Å². The summed E-state index contributed by atoms with van der Waals surface area (Å²) in [6.07, 6.45) is 0. The molecule has 1 fully saturated rings. The molecule has 0 aliphatic carbocycles. The number of thioether (sulfide) groups is 1. The van der Waals surface area contributed by atoms with Crippen molar-refractivity contribution in [1.29, 1.82) is 0 Å². The zero-order valence-corrected chi connectivity index (χ0v) is 14.0. The van der Waals surface area contributed by atoms with E-state index in [1.54, 1.807) is 30.0 Å². The van der Waals surface area contributed by atoms with Crippen LogP contribution < -0.4 is 4.90 Å². The Kier molecular flexibility index (Phi) is 4.68. The maximum absolute atomic E-state index is 11.2. The Morgan fingerprint density at radius 2 is 2.04 bits per heavy atom. The second-order valence-electron chi connectivity index (χ2n) is 5.63. The van der Waals surface area contributed by atoms with E-state index in [9.17, 15) is 9.90 Å². The summed E-state index contributed by atoms with van der Waals surface area (Å²) in [5.74, 6) is -0.0881. The van der Waals surface area contributed by atoms with E-state index in [4.69, 9.17) is 9.72 Å². The number of carbonyl (C=O) groups is 1. The molecule has 2 aromatic rings. The third-order valence-corrected chi connectivity index (χ3v) is 4.42. The van der Waals surface area contributed by atoms with E-state index in [0.717, 1.165) is 24.3 Å². The Morgan fingerprint density at radius 1 is 1.30 bits per heavy atom. The summed E-state index contributed by atoms with van der Waals surface area (Å²) in [4.78, 5) is 22.7. The van der Waals surface area contributed by atoms with Gasteiger partial charge in [0.25, 0.3) is 0 Å². The van der Waals surface area contributed by atoms with Gasteiger partial charge in [0.15, 0.2) is 5.16 Å². The predicted octanol–water partition coefficient (Wildman–Crippen LogP) is 2.67. The third-order valence-electron chi connectivity index (χ3n) is 3.55. The molecule has 0 spiro atoms. The SMILES string of the molecule is CC(C)Sc1nc(N2CCOCC2)c2ccc(C(=O)O)cc2n1. The second kappa shape index (κ2) is 6.72. The van der Waals surface area contributed by atoms with Gasteiger partial charge in [0.05, 0.1) is 24.3 Å². The van der Waals surface area contributed by atoms with Gasteiger partial charge in [0.2, 0.25) is 0 Å². The van der Waals surface area contributed by atoms with Gasteiger partial charge in [-0.1, -0.05) is 25.6 Å². The lowest BCUT2D eigenvalue weighted by molar-refractivity contribution is 0.0697. The summed E-state index contributed by atoms with van der Waals surface area (Å²) >= 11 is 1.58. The molecule has 0 unspecified atom stereocenters. The van der Waals surface area contributed by atoms with Crippen LogP contribution in [-0.2, 0) is 4.74 Å². The van der Waals surface area contributed by atoms with Gasteiger partial charge >= 0.3 is 5.97 Å². The first-order valence-electron chi connectivity index (χ1n) is 7.59. The van der Waals surface area contributed by atoms with Gasteiger partial charge in [-0.15, -0.1) is 0 Å². The van der Waals surface area contributed by atoms with E-state index in [2.05, 4.69) is 23.7 Å². The molecule has 0 atom stereocenters. The summed E-state index contributed by atoms with van der Waals surface area (Å²) in [6, 6.07) is 5.02. The maximum Gasteiger partial charge on any atom is 0.335 e. The summed E-state index contributed by atoms with van der Waals surface area (Å²) in [6.45, 7) is 7.06. The lowest BCUT2D eigenvalue weighted by Gasteiger charge is -2.29. The molecule has 1 aromatic carbocycles. The standard InChI is InChI=1S/C16H19N3O3S/c1-10(2)23-16-17-13-9-11(15(20)21)3-4-12(13)14(18-16)19-5-7-22-8-6-19/h3-4,9-10H,5-8H2,1-2H3,(H,20,21). The molecule has 1 aromatic heterocycles. The van der Waals surface area contributed by atoms with Crippen LogP contribution in [-0.4, -0.2) is 52.6 Å². The van der Waals surface area contributed by atoms with E-state index in [1.807, 2.05) is 0 Å². The highest BCUT2D eigenvalue weighted by atomic mass is 32.2. The number of nitrogens with zero attached hydrogens (tertiary/aromatic N) is 3. The number of anilines is 1. The largest absolute Gasteiger partial charge is 0.478 e. The molecular weight excluding hydrogens is 314 g/mol. The number of aromatic nitrogens is 2. The Morgan fingerprint density at radius 3 is 2.70 bits per heavy atom. The highest BCUT2D eigenvalue weighted by Gasteiger charge is 2.19. The lowest BCUT2D eigenvalue weighted by Crippen LogP contribution is -2.37. The lowest BCUT2D eigenvalue weighted by atomic mass is 10.1. The fourth-order valence-corrected chi connectivity index (χ4v) is 3.22. The molecule has 3 rings (SSSR count). The van der Waals surface area contributed by atoms with Crippen molar-refractivity contribution in [3.63, 3.8) is 0 Å². The number of morpholine rings is 1.